The van der Waals surface area contributed by atoms with Crippen LogP contribution in [0.3, 0.4) is 0 Å². The minimum absolute atomic E-state index is 0.316. The van der Waals surface area contributed by atoms with Crippen molar-refractivity contribution in [2.45, 2.75) is 18.3 Å². The Morgan fingerprint density at radius 1 is 0.833 bits per heavy atom. The summed E-state index contributed by atoms with van der Waals surface area (Å²) in [4.78, 5) is 63.7. The first-order valence-electron chi connectivity index (χ1n) is 5.42. The summed E-state index contributed by atoms with van der Waals surface area (Å²) in [7, 11) is 0. The topological polar surface area (TPSA) is 220 Å². The average Bonchev–Trinajstić information content (AvgIpc) is 2.45. The predicted octanol–water partition coefficient (Wildman–Crippen LogP) is -0.215. The number of ether oxygens (including phenoxy) is 4. The summed E-state index contributed by atoms with van der Waals surface area (Å²) in [5.41, 5.74) is 0. The van der Waals surface area contributed by atoms with Gasteiger partial charge >= 0.3 is 24.6 Å². The van der Waals surface area contributed by atoms with Gasteiger partial charge in [0.15, 0.2) is 18.3 Å². The minimum Gasteiger partial charge on any atom is -0.450 e. The fourth-order valence-corrected chi connectivity index (χ4v) is 1.32. The molecule has 0 aliphatic carbocycles. The molecule has 0 bridgehead atoms. The van der Waals surface area contributed by atoms with E-state index in [1.54, 1.807) is 0 Å². The lowest BCUT2D eigenvalue weighted by molar-refractivity contribution is -0.131. The summed E-state index contributed by atoms with van der Waals surface area (Å²) in [6.07, 6.45) is -16.2. The molecule has 3 unspecified atom stereocenters. The molecule has 3 atom stereocenters. The molecule has 24 heavy (non-hydrogen) atoms. The minimum atomic E-state index is -2.51. The largest absolute Gasteiger partial charge is 0.511 e. The molecule has 0 heterocycles. The van der Waals surface area contributed by atoms with Gasteiger partial charge in [0, 0.05) is 0 Å². The summed E-state index contributed by atoms with van der Waals surface area (Å²) in [6, 6.07) is 0. The van der Waals surface area contributed by atoms with Crippen LogP contribution in [0.1, 0.15) is 0 Å². The lowest BCUT2D eigenvalue weighted by Gasteiger charge is -2.26. The van der Waals surface area contributed by atoms with Gasteiger partial charge in [-0.25, -0.2) is 24.0 Å². The second-order valence-electron chi connectivity index (χ2n) is 3.47. The fourth-order valence-electron chi connectivity index (χ4n) is 1.32. The third kappa shape index (κ3) is 6.77. The van der Waals surface area contributed by atoms with Crippen LogP contribution in [0.4, 0.5) is 19.2 Å². The Morgan fingerprint density at radius 3 is 1.67 bits per heavy atom. The van der Waals surface area contributed by atoms with Crippen LogP contribution in [0.25, 0.3) is 0 Å². The van der Waals surface area contributed by atoms with E-state index in [2.05, 4.69) is 18.9 Å². The molecule has 0 aromatic rings. The van der Waals surface area contributed by atoms with Gasteiger partial charge in [-0.3, -0.25) is 4.79 Å². The van der Waals surface area contributed by atoms with Crippen LogP contribution in [-0.4, -0.2) is 75.6 Å². The van der Waals surface area contributed by atoms with E-state index in [0.29, 0.717) is 0 Å². The van der Waals surface area contributed by atoms with Crippen molar-refractivity contribution >= 4 is 36.8 Å². The molecule has 0 aliphatic heterocycles. The first kappa shape index (κ1) is 20.2. The molecule has 0 radical (unpaired) electrons. The summed E-state index contributed by atoms with van der Waals surface area (Å²) < 4.78 is 15.9. The molecular weight excluding hydrogens is 344 g/mol. The van der Waals surface area contributed by atoms with Gasteiger partial charge in [-0.15, -0.1) is 0 Å². The number of carboxylic acid groups (broad SMARTS) is 4. The summed E-state index contributed by atoms with van der Waals surface area (Å²) >= 11 is 0. The number of hydrogen-bond acceptors (Lipinski definition) is 10. The number of hydrogen-bond donors (Lipinski definition) is 4. The zero-order valence-electron chi connectivity index (χ0n) is 11.2. The van der Waals surface area contributed by atoms with E-state index in [1.165, 1.54) is 0 Å². The van der Waals surface area contributed by atoms with Crippen molar-refractivity contribution in [3.8, 4) is 0 Å². The van der Waals surface area contributed by atoms with Crippen LogP contribution < -0.4 is 0 Å². The van der Waals surface area contributed by atoms with E-state index >= 15 is 0 Å². The van der Waals surface area contributed by atoms with Gasteiger partial charge in [-0.1, -0.05) is 0 Å². The van der Waals surface area contributed by atoms with E-state index in [1.807, 2.05) is 0 Å². The van der Waals surface area contributed by atoms with Gasteiger partial charge in [0.05, 0.1) is 0 Å². The van der Waals surface area contributed by atoms with Crippen LogP contribution in [0.2, 0.25) is 0 Å². The van der Waals surface area contributed by atoms with E-state index in [4.69, 9.17) is 20.4 Å². The van der Waals surface area contributed by atoms with Crippen LogP contribution in [-0.2, 0) is 28.5 Å². The lowest BCUT2D eigenvalue weighted by atomic mass is 10.1. The zero-order chi connectivity index (χ0) is 18.9. The lowest BCUT2D eigenvalue weighted by Crippen LogP contribution is -2.47. The highest BCUT2D eigenvalue weighted by molar-refractivity contribution is 5.69. The van der Waals surface area contributed by atoms with Crippen LogP contribution in [0.5, 0.6) is 0 Å². The Bertz CT molecular complexity index is 572. The number of carbonyl (C=O) groups excluding carboxylic acids is 2. The first-order chi connectivity index (χ1) is 11.1. The highest BCUT2D eigenvalue weighted by Crippen LogP contribution is 2.19. The number of aldehydes is 1. The quantitative estimate of drug-likeness (QED) is 0.146. The van der Waals surface area contributed by atoms with Crippen molar-refractivity contribution in [3.05, 3.63) is 5.76 Å². The summed E-state index contributed by atoms with van der Waals surface area (Å²) in [5, 5.41) is 34.0. The second-order valence-corrected chi connectivity index (χ2v) is 3.47. The molecule has 0 amide bonds. The van der Waals surface area contributed by atoms with Gasteiger partial charge in [-0.05, 0) is 0 Å². The molecule has 14 nitrogen and oxygen atoms in total. The molecular formula is C10H8O14. The standard InChI is InChI=1S/C10H8O14/c11-1-3(21-7(13)14)5(23-9(17)18)6(24-10(19)20)4(2-12)22-8(15)16/h1,3,5-6H,(H,13,14)(H,15,16)(H,17,18)(H,19,20). The highest BCUT2D eigenvalue weighted by atomic mass is 16.7. The molecule has 0 aromatic carbocycles. The monoisotopic (exact) mass is 352 g/mol. The van der Waals surface area contributed by atoms with Gasteiger partial charge in [0.2, 0.25) is 18.0 Å². The Balaban J connectivity index is 5.94. The SMILES string of the molecule is O=C=C(OC(=O)O)C(OC(=O)O)C(OC(=O)O)C(C=O)OC(=O)O. The highest BCUT2D eigenvalue weighted by Gasteiger charge is 2.43. The maximum Gasteiger partial charge on any atom is 0.511 e. The molecule has 132 valence electrons. The molecule has 4 N–H and O–H groups in total. The van der Waals surface area contributed by atoms with Crippen LogP contribution in [0.15, 0.2) is 5.76 Å². The van der Waals surface area contributed by atoms with Gasteiger partial charge in [-0.2, -0.15) is 0 Å². The van der Waals surface area contributed by atoms with Crippen molar-refractivity contribution in [2.75, 3.05) is 0 Å². The third-order valence-corrected chi connectivity index (χ3v) is 2.01. The van der Waals surface area contributed by atoms with Crippen molar-refractivity contribution in [2.24, 2.45) is 0 Å². The summed E-state index contributed by atoms with van der Waals surface area (Å²) in [6.45, 7) is 0. The average molecular weight is 352 g/mol. The number of rotatable bonds is 8. The van der Waals surface area contributed by atoms with Gasteiger partial charge < -0.3 is 39.4 Å². The normalized spacial score (nSPS) is 13.2. The molecule has 0 spiro atoms. The molecule has 0 aromatic heterocycles. The molecule has 0 saturated heterocycles. The Hall–Kier alpha value is -3.80. The van der Waals surface area contributed by atoms with Crippen molar-refractivity contribution in [1.29, 1.82) is 0 Å². The maximum absolute atomic E-state index is 10.9. The molecule has 14 heteroatoms. The van der Waals surface area contributed by atoms with Gasteiger partial charge in [0.1, 0.15) is 0 Å². The van der Waals surface area contributed by atoms with Crippen molar-refractivity contribution in [1.82, 2.24) is 0 Å². The predicted molar refractivity (Wildman–Crippen MR) is 63.1 cm³/mol. The maximum atomic E-state index is 10.9. The molecule has 0 saturated carbocycles. The zero-order valence-corrected chi connectivity index (χ0v) is 11.2. The molecule has 0 rings (SSSR count). The van der Waals surface area contributed by atoms with E-state index in [-0.39, 0.29) is 6.29 Å². The van der Waals surface area contributed by atoms with Crippen molar-refractivity contribution < 1.29 is 68.1 Å². The van der Waals surface area contributed by atoms with E-state index < -0.39 is 48.7 Å². The van der Waals surface area contributed by atoms with E-state index in [9.17, 15) is 28.8 Å². The Morgan fingerprint density at radius 2 is 1.33 bits per heavy atom. The molecule has 0 fully saturated rings. The van der Waals surface area contributed by atoms with E-state index in [0.717, 1.165) is 5.94 Å². The molecule has 0 aliphatic rings. The van der Waals surface area contributed by atoms with Crippen molar-refractivity contribution in [3.63, 3.8) is 0 Å². The smallest absolute Gasteiger partial charge is 0.450 e. The first-order valence-corrected chi connectivity index (χ1v) is 5.42. The van der Waals surface area contributed by atoms with Crippen LogP contribution >= 0.6 is 0 Å². The summed E-state index contributed by atoms with van der Waals surface area (Å²) in [5.74, 6) is -0.653. The fraction of sp³-hybridized carbons (Fsp3) is 0.300. The third-order valence-electron chi connectivity index (χ3n) is 2.01. The Labute approximate surface area is 130 Å². The van der Waals surface area contributed by atoms with Crippen LogP contribution in [0, 0.1) is 0 Å². The number of carbonyl (C=O) groups is 5. The Kier molecular flexibility index (Phi) is 7.80. The second kappa shape index (κ2) is 9.26. The van der Waals surface area contributed by atoms with Gasteiger partial charge in [0.25, 0.3) is 0 Å².